The molecule has 0 saturated heterocycles. The molecule has 0 saturated carbocycles. The topological polar surface area (TPSA) is 72.8 Å². The zero-order valence-electron chi connectivity index (χ0n) is 14.8. The van der Waals surface area contributed by atoms with Crippen LogP contribution in [0, 0.1) is 0 Å². The molecule has 6 heteroatoms. The fourth-order valence-corrected chi connectivity index (χ4v) is 4.76. The number of fused-ring (bicyclic) bond motifs is 5. The number of hydrogen-bond acceptors (Lipinski definition) is 6. The first kappa shape index (κ1) is 16.9. The summed E-state index contributed by atoms with van der Waals surface area (Å²) in [5, 5.41) is 0.0161. The number of aliphatic imine (C=N–C) groups is 1. The Bertz CT molecular complexity index is 1190. The van der Waals surface area contributed by atoms with Crippen LogP contribution >= 0.6 is 11.8 Å². The van der Waals surface area contributed by atoms with Crippen LogP contribution < -0.4 is 4.74 Å². The lowest BCUT2D eigenvalue weighted by Gasteiger charge is -2.27. The van der Waals surface area contributed by atoms with Crippen molar-refractivity contribution in [2.45, 2.75) is 17.1 Å². The van der Waals surface area contributed by atoms with Gasteiger partial charge in [0.25, 0.3) is 0 Å². The number of ether oxygens (including phenoxy) is 1. The van der Waals surface area contributed by atoms with Gasteiger partial charge in [-0.25, -0.2) is 4.99 Å². The molecule has 28 heavy (non-hydrogen) atoms. The predicted octanol–water partition coefficient (Wildman–Crippen LogP) is 4.06. The SMILES string of the molecule is CC(=O)Oc1cc2c(c3c1C(=O)c1ccccc1C3=O)N=C1C=CC=CC1S2. The Kier molecular flexibility index (Phi) is 3.70. The van der Waals surface area contributed by atoms with Crippen LogP contribution in [0.1, 0.15) is 38.8 Å². The monoisotopic (exact) mass is 387 g/mol. The third-order valence-electron chi connectivity index (χ3n) is 4.80. The van der Waals surface area contributed by atoms with Crippen molar-refractivity contribution < 1.29 is 19.1 Å². The Hall–Kier alpha value is -3.25. The first-order valence-corrected chi connectivity index (χ1v) is 9.60. The Balaban J connectivity index is 1.82. The highest BCUT2D eigenvalue weighted by Crippen LogP contribution is 2.48. The fourth-order valence-electron chi connectivity index (χ4n) is 3.63. The molecule has 0 bridgehead atoms. The molecule has 2 aromatic rings. The summed E-state index contributed by atoms with van der Waals surface area (Å²) in [5.74, 6) is -1.06. The van der Waals surface area contributed by atoms with Crippen LogP contribution in [0.5, 0.6) is 5.75 Å². The maximum absolute atomic E-state index is 13.3. The van der Waals surface area contributed by atoms with Crippen molar-refractivity contribution >= 4 is 40.7 Å². The molecule has 3 aliphatic rings. The molecule has 136 valence electrons. The highest BCUT2D eigenvalue weighted by atomic mass is 32.2. The molecular weight excluding hydrogens is 374 g/mol. The van der Waals surface area contributed by atoms with Gasteiger partial charge in [0.2, 0.25) is 0 Å². The van der Waals surface area contributed by atoms with Gasteiger partial charge in [-0.3, -0.25) is 14.4 Å². The second kappa shape index (κ2) is 6.14. The maximum Gasteiger partial charge on any atom is 0.308 e. The van der Waals surface area contributed by atoms with Gasteiger partial charge in [-0.15, -0.1) is 11.8 Å². The van der Waals surface area contributed by atoms with Crippen LogP contribution in [0.2, 0.25) is 0 Å². The van der Waals surface area contributed by atoms with Gasteiger partial charge < -0.3 is 4.74 Å². The first-order valence-electron chi connectivity index (χ1n) is 8.72. The molecule has 0 N–H and O–H groups in total. The van der Waals surface area contributed by atoms with Crippen LogP contribution in [0.15, 0.2) is 64.5 Å². The minimum atomic E-state index is -0.549. The van der Waals surface area contributed by atoms with Crippen molar-refractivity contribution in [3.05, 3.63) is 76.9 Å². The molecule has 5 rings (SSSR count). The Labute approximate surface area is 164 Å². The number of rotatable bonds is 1. The molecule has 1 atom stereocenters. The lowest BCUT2D eigenvalue weighted by Crippen LogP contribution is -2.25. The number of esters is 1. The summed E-state index contributed by atoms with van der Waals surface area (Å²) in [5.41, 5.74) is 2.25. The molecule has 2 aromatic carbocycles. The highest BCUT2D eigenvalue weighted by Gasteiger charge is 2.38. The van der Waals surface area contributed by atoms with E-state index < -0.39 is 5.97 Å². The second-order valence-electron chi connectivity index (χ2n) is 6.59. The third-order valence-corrected chi connectivity index (χ3v) is 6.02. The van der Waals surface area contributed by atoms with E-state index in [4.69, 9.17) is 9.73 Å². The van der Waals surface area contributed by atoms with E-state index in [9.17, 15) is 14.4 Å². The Morgan fingerprint density at radius 3 is 2.50 bits per heavy atom. The lowest BCUT2D eigenvalue weighted by atomic mass is 9.82. The van der Waals surface area contributed by atoms with Gasteiger partial charge in [0.1, 0.15) is 5.75 Å². The van der Waals surface area contributed by atoms with Crippen LogP contribution in [0.4, 0.5) is 5.69 Å². The molecule has 1 unspecified atom stereocenters. The molecule has 2 aliphatic carbocycles. The molecule has 1 heterocycles. The number of nitrogens with zero attached hydrogens (tertiary/aromatic N) is 1. The Morgan fingerprint density at radius 1 is 1.07 bits per heavy atom. The van der Waals surface area contributed by atoms with Crippen LogP contribution in [-0.2, 0) is 4.79 Å². The standard InChI is InChI=1S/C22H13NO4S/c1-11(24)27-15-10-17-20(23-14-8-4-5-9-16(14)28-17)19-18(15)21(25)12-6-2-3-7-13(12)22(19)26/h2-10,16H,1H3. The van der Waals surface area contributed by atoms with E-state index in [0.717, 1.165) is 5.71 Å². The summed E-state index contributed by atoms with van der Waals surface area (Å²) in [6.45, 7) is 1.27. The van der Waals surface area contributed by atoms with Crippen LogP contribution in [0.3, 0.4) is 0 Å². The van der Waals surface area contributed by atoms with E-state index in [2.05, 4.69) is 0 Å². The third kappa shape index (κ3) is 2.42. The molecule has 0 fully saturated rings. The van der Waals surface area contributed by atoms with Gasteiger partial charge in [-0.1, -0.05) is 42.5 Å². The number of carbonyl (C=O) groups excluding carboxylic acids is 3. The van der Waals surface area contributed by atoms with Gasteiger partial charge in [0, 0.05) is 22.9 Å². The quantitative estimate of drug-likeness (QED) is 0.465. The molecule has 0 spiro atoms. The predicted molar refractivity (Wildman–Crippen MR) is 106 cm³/mol. The minimum absolute atomic E-state index is 0.0161. The van der Waals surface area contributed by atoms with Crippen molar-refractivity contribution in [2.24, 2.45) is 4.99 Å². The zero-order chi connectivity index (χ0) is 19.4. The average Bonchev–Trinajstić information content (AvgIpc) is 2.69. The van der Waals surface area contributed by atoms with E-state index in [1.54, 1.807) is 30.3 Å². The molecule has 5 nitrogen and oxygen atoms in total. The van der Waals surface area contributed by atoms with Gasteiger partial charge in [0.05, 0.1) is 27.8 Å². The fraction of sp³-hybridized carbons (Fsp3) is 0.0909. The van der Waals surface area contributed by atoms with Crippen LogP contribution in [-0.4, -0.2) is 28.5 Å². The van der Waals surface area contributed by atoms with Gasteiger partial charge >= 0.3 is 5.97 Å². The maximum atomic E-state index is 13.3. The van der Waals surface area contributed by atoms with Crippen LogP contribution in [0.25, 0.3) is 0 Å². The molecular formula is C22H13NO4S. The molecule has 0 radical (unpaired) electrons. The minimum Gasteiger partial charge on any atom is -0.426 e. The average molecular weight is 387 g/mol. The van der Waals surface area contributed by atoms with E-state index in [1.807, 2.05) is 24.3 Å². The van der Waals surface area contributed by atoms with E-state index in [0.29, 0.717) is 21.7 Å². The van der Waals surface area contributed by atoms with Gasteiger partial charge in [-0.05, 0) is 12.1 Å². The van der Waals surface area contributed by atoms with Crippen molar-refractivity contribution in [3.63, 3.8) is 0 Å². The highest BCUT2D eigenvalue weighted by molar-refractivity contribution is 8.01. The van der Waals surface area contributed by atoms with Gasteiger partial charge in [-0.2, -0.15) is 0 Å². The van der Waals surface area contributed by atoms with Crippen molar-refractivity contribution in [1.82, 2.24) is 0 Å². The molecule has 0 amide bonds. The molecule has 0 aromatic heterocycles. The smallest absolute Gasteiger partial charge is 0.308 e. The number of carbonyl (C=O) groups is 3. The zero-order valence-corrected chi connectivity index (χ0v) is 15.6. The van der Waals surface area contributed by atoms with Crippen molar-refractivity contribution in [3.8, 4) is 5.75 Å². The summed E-state index contributed by atoms with van der Waals surface area (Å²) < 4.78 is 5.34. The normalized spacial score (nSPS) is 18.6. The summed E-state index contributed by atoms with van der Waals surface area (Å²) in [6.07, 6.45) is 7.75. The van der Waals surface area contributed by atoms with Crippen molar-refractivity contribution in [2.75, 3.05) is 0 Å². The number of ketones is 2. The van der Waals surface area contributed by atoms with E-state index >= 15 is 0 Å². The van der Waals surface area contributed by atoms with E-state index in [-0.39, 0.29) is 33.7 Å². The Morgan fingerprint density at radius 2 is 1.79 bits per heavy atom. The first-order chi connectivity index (χ1) is 13.5. The summed E-state index contributed by atoms with van der Waals surface area (Å²) >= 11 is 1.52. The lowest BCUT2D eigenvalue weighted by molar-refractivity contribution is -0.131. The van der Waals surface area contributed by atoms with E-state index in [1.165, 1.54) is 18.7 Å². The van der Waals surface area contributed by atoms with Crippen molar-refractivity contribution in [1.29, 1.82) is 0 Å². The van der Waals surface area contributed by atoms with Gasteiger partial charge in [0.15, 0.2) is 11.6 Å². The molecule has 1 aliphatic heterocycles. The summed E-state index contributed by atoms with van der Waals surface area (Å²) in [4.78, 5) is 43.6. The number of allylic oxidation sites excluding steroid dienone is 3. The second-order valence-corrected chi connectivity index (χ2v) is 7.77. The number of hydrogen-bond donors (Lipinski definition) is 0. The summed E-state index contributed by atoms with van der Waals surface area (Å²) in [6, 6.07) is 8.33. The summed E-state index contributed by atoms with van der Waals surface area (Å²) in [7, 11) is 0. The largest absolute Gasteiger partial charge is 0.426 e. The number of benzene rings is 2. The number of thioether (sulfide) groups is 1.